The lowest BCUT2D eigenvalue weighted by molar-refractivity contribution is -0.138. The van der Waals surface area contributed by atoms with Gasteiger partial charge in [0.25, 0.3) is 5.56 Å². The molecule has 1 aromatic carbocycles. The zero-order chi connectivity index (χ0) is 22.2. The molecule has 1 N–H and O–H groups in total. The van der Waals surface area contributed by atoms with Crippen LogP contribution in [0.25, 0.3) is 0 Å². The Morgan fingerprint density at radius 3 is 2.77 bits per heavy atom. The standard InChI is InChI=1S/C20H17ClF3N5O2/c1-2-16-26-13-10-29(14-9-25-28-18(30)17(14)21)8-7-11(13)19(27-16)31-15-6-4-3-5-12(15)20(22,23)24/h3-6,9H,2,7-8,10H2,1H3,(H,28,30). The van der Waals surface area contributed by atoms with E-state index in [2.05, 4.69) is 20.2 Å². The molecule has 11 heteroatoms. The highest BCUT2D eigenvalue weighted by molar-refractivity contribution is 6.33. The number of hydrogen-bond donors (Lipinski definition) is 1. The minimum atomic E-state index is -4.56. The van der Waals surface area contributed by atoms with E-state index >= 15 is 0 Å². The van der Waals surface area contributed by atoms with Crippen molar-refractivity contribution in [2.24, 2.45) is 0 Å². The molecule has 0 radical (unpaired) electrons. The molecule has 0 bridgehead atoms. The van der Waals surface area contributed by atoms with Gasteiger partial charge in [-0.2, -0.15) is 23.3 Å². The Balaban J connectivity index is 1.72. The van der Waals surface area contributed by atoms with E-state index in [1.54, 1.807) is 0 Å². The molecule has 0 fully saturated rings. The molecule has 31 heavy (non-hydrogen) atoms. The molecule has 0 spiro atoms. The second kappa shape index (κ2) is 8.18. The normalized spacial score (nSPS) is 13.8. The fourth-order valence-electron chi connectivity index (χ4n) is 3.38. The van der Waals surface area contributed by atoms with Crippen molar-refractivity contribution >= 4 is 17.3 Å². The Labute approximate surface area is 179 Å². The predicted octanol–water partition coefficient (Wildman–Crippen LogP) is 4.15. The van der Waals surface area contributed by atoms with Gasteiger partial charge in [0.05, 0.1) is 29.7 Å². The van der Waals surface area contributed by atoms with Gasteiger partial charge >= 0.3 is 6.18 Å². The van der Waals surface area contributed by atoms with Crippen LogP contribution in [-0.2, 0) is 25.6 Å². The Hall–Kier alpha value is -3.14. The Kier molecular flexibility index (Phi) is 5.57. The van der Waals surface area contributed by atoms with Crippen molar-refractivity contribution in [2.45, 2.75) is 32.5 Å². The van der Waals surface area contributed by atoms with Crippen LogP contribution >= 0.6 is 11.6 Å². The number of para-hydroxylation sites is 1. The first-order valence-corrected chi connectivity index (χ1v) is 9.86. The molecule has 0 saturated heterocycles. The van der Waals surface area contributed by atoms with Gasteiger partial charge in [0.1, 0.15) is 16.6 Å². The minimum Gasteiger partial charge on any atom is -0.438 e. The summed E-state index contributed by atoms with van der Waals surface area (Å²) < 4.78 is 45.8. The molecule has 0 atom stereocenters. The summed E-state index contributed by atoms with van der Waals surface area (Å²) in [5.74, 6) is 0.228. The van der Waals surface area contributed by atoms with E-state index in [4.69, 9.17) is 16.3 Å². The highest BCUT2D eigenvalue weighted by atomic mass is 35.5. The molecule has 162 valence electrons. The number of halogens is 4. The van der Waals surface area contributed by atoms with Gasteiger partial charge < -0.3 is 9.64 Å². The number of rotatable bonds is 4. The van der Waals surface area contributed by atoms with E-state index in [9.17, 15) is 18.0 Å². The van der Waals surface area contributed by atoms with Crippen LogP contribution in [0, 0.1) is 0 Å². The quantitative estimate of drug-likeness (QED) is 0.641. The van der Waals surface area contributed by atoms with Crippen LogP contribution in [0.15, 0.2) is 35.3 Å². The first-order chi connectivity index (χ1) is 14.8. The third-order valence-corrected chi connectivity index (χ3v) is 5.27. The number of aromatic amines is 1. The van der Waals surface area contributed by atoms with Crippen molar-refractivity contribution < 1.29 is 17.9 Å². The Morgan fingerprint density at radius 2 is 2.03 bits per heavy atom. The molecular weight excluding hydrogens is 435 g/mol. The van der Waals surface area contributed by atoms with Crippen LogP contribution in [0.3, 0.4) is 0 Å². The second-order valence-electron chi connectivity index (χ2n) is 6.89. The summed E-state index contributed by atoms with van der Waals surface area (Å²) in [5.41, 5.74) is 0.305. The lowest BCUT2D eigenvalue weighted by Crippen LogP contribution is -2.33. The first-order valence-electron chi connectivity index (χ1n) is 9.48. The third-order valence-electron chi connectivity index (χ3n) is 4.91. The summed E-state index contributed by atoms with van der Waals surface area (Å²) in [6.07, 6.45) is -2.24. The fourth-order valence-corrected chi connectivity index (χ4v) is 3.59. The second-order valence-corrected chi connectivity index (χ2v) is 7.27. The zero-order valence-corrected chi connectivity index (χ0v) is 17.1. The number of aryl methyl sites for hydroxylation is 1. The molecular formula is C20H17ClF3N5O2. The number of H-pyrrole nitrogens is 1. The Bertz CT molecular complexity index is 1180. The molecule has 0 unspecified atom stereocenters. The number of aromatic nitrogens is 4. The number of hydrogen-bond acceptors (Lipinski definition) is 6. The van der Waals surface area contributed by atoms with Gasteiger partial charge in [0, 0.05) is 18.5 Å². The summed E-state index contributed by atoms with van der Waals surface area (Å²) in [4.78, 5) is 22.5. The zero-order valence-electron chi connectivity index (χ0n) is 16.3. The first kappa shape index (κ1) is 21.1. The third kappa shape index (κ3) is 4.20. The largest absolute Gasteiger partial charge is 0.438 e. The van der Waals surface area contributed by atoms with Gasteiger partial charge in [-0.3, -0.25) is 4.79 Å². The van der Waals surface area contributed by atoms with E-state index in [0.29, 0.717) is 42.2 Å². The smallest absolute Gasteiger partial charge is 0.419 e. The maximum absolute atomic E-state index is 13.4. The molecule has 1 aliphatic rings. The van der Waals surface area contributed by atoms with Gasteiger partial charge in [-0.1, -0.05) is 30.7 Å². The van der Waals surface area contributed by atoms with Gasteiger partial charge in [-0.15, -0.1) is 0 Å². The number of nitrogens with zero attached hydrogens (tertiary/aromatic N) is 4. The molecule has 0 saturated carbocycles. The summed E-state index contributed by atoms with van der Waals surface area (Å²) >= 11 is 6.12. The maximum Gasteiger partial charge on any atom is 0.419 e. The van der Waals surface area contributed by atoms with Crippen molar-refractivity contribution in [1.29, 1.82) is 0 Å². The number of alkyl halides is 3. The number of fused-ring (bicyclic) bond motifs is 1. The molecule has 1 aliphatic heterocycles. The average Bonchev–Trinajstić information content (AvgIpc) is 2.74. The molecule has 4 rings (SSSR count). The van der Waals surface area contributed by atoms with Crippen LogP contribution in [0.5, 0.6) is 11.6 Å². The van der Waals surface area contributed by atoms with Crippen LogP contribution in [0.2, 0.25) is 5.02 Å². The molecule has 0 amide bonds. The summed E-state index contributed by atoms with van der Waals surface area (Å²) in [6, 6.07) is 5.01. The minimum absolute atomic E-state index is 0.0128. The molecule has 3 aromatic rings. The van der Waals surface area contributed by atoms with Gasteiger partial charge in [-0.05, 0) is 18.6 Å². The summed E-state index contributed by atoms with van der Waals surface area (Å²) in [7, 11) is 0. The highest BCUT2D eigenvalue weighted by Gasteiger charge is 2.35. The van der Waals surface area contributed by atoms with Crippen molar-refractivity contribution in [3.8, 4) is 11.6 Å². The highest BCUT2D eigenvalue weighted by Crippen LogP contribution is 2.39. The van der Waals surface area contributed by atoms with Gasteiger partial charge in [0.15, 0.2) is 0 Å². The Morgan fingerprint density at radius 1 is 1.26 bits per heavy atom. The van der Waals surface area contributed by atoms with Gasteiger partial charge in [0.2, 0.25) is 5.88 Å². The van der Waals surface area contributed by atoms with E-state index in [1.165, 1.54) is 24.4 Å². The number of ether oxygens (including phenoxy) is 1. The average molecular weight is 452 g/mol. The van der Waals surface area contributed by atoms with Crippen LogP contribution in [0.4, 0.5) is 18.9 Å². The van der Waals surface area contributed by atoms with Crippen LogP contribution in [0.1, 0.15) is 29.6 Å². The SMILES string of the molecule is CCc1nc2c(c(Oc3ccccc3C(F)(F)F)n1)CCN(c1cn[nH]c(=O)c1Cl)C2. The van der Waals surface area contributed by atoms with E-state index in [0.717, 1.165) is 6.07 Å². The lowest BCUT2D eigenvalue weighted by Gasteiger charge is -2.31. The van der Waals surface area contributed by atoms with E-state index in [-0.39, 0.29) is 23.2 Å². The van der Waals surface area contributed by atoms with Crippen LogP contribution in [-0.4, -0.2) is 26.7 Å². The molecule has 7 nitrogen and oxygen atoms in total. The van der Waals surface area contributed by atoms with Crippen molar-refractivity contribution in [3.05, 3.63) is 68.5 Å². The molecule has 2 aromatic heterocycles. The predicted molar refractivity (Wildman–Crippen MR) is 108 cm³/mol. The topological polar surface area (TPSA) is 84.0 Å². The van der Waals surface area contributed by atoms with Crippen molar-refractivity contribution in [2.75, 3.05) is 11.4 Å². The monoisotopic (exact) mass is 451 g/mol. The summed E-state index contributed by atoms with van der Waals surface area (Å²) in [5, 5.41) is 6.07. The van der Waals surface area contributed by atoms with E-state index < -0.39 is 17.3 Å². The molecule has 0 aliphatic carbocycles. The summed E-state index contributed by atoms with van der Waals surface area (Å²) in [6.45, 7) is 2.56. The lowest BCUT2D eigenvalue weighted by atomic mass is 10.1. The van der Waals surface area contributed by atoms with E-state index in [1.807, 2.05) is 11.8 Å². The van der Waals surface area contributed by atoms with Crippen LogP contribution < -0.4 is 15.2 Å². The number of anilines is 1. The van der Waals surface area contributed by atoms with Crippen molar-refractivity contribution in [3.63, 3.8) is 0 Å². The van der Waals surface area contributed by atoms with Crippen molar-refractivity contribution in [1.82, 2.24) is 20.2 Å². The fraction of sp³-hybridized carbons (Fsp3) is 0.300. The number of nitrogens with one attached hydrogen (secondary N) is 1. The van der Waals surface area contributed by atoms with Gasteiger partial charge in [-0.25, -0.2) is 10.1 Å². The number of benzene rings is 1. The molecule has 3 heterocycles. The maximum atomic E-state index is 13.4.